The number of thiazole rings is 1. The molecular formula is C17H30N2S. The van der Waals surface area contributed by atoms with Gasteiger partial charge in [0.1, 0.15) is 0 Å². The quantitative estimate of drug-likeness (QED) is 0.871. The normalized spacial score (nSPS) is 23.7. The van der Waals surface area contributed by atoms with Crippen LogP contribution in [0.15, 0.2) is 5.38 Å². The summed E-state index contributed by atoms with van der Waals surface area (Å²) in [6, 6.07) is 0.601. The van der Waals surface area contributed by atoms with Crippen LogP contribution in [0.5, 0.6) is 0 Å². The number of nitrogens with zero attached hydrogens (tertiary/aromatic N) is 1. The van der Waals surface area contributed by atoms with Crippen LogP contribution in [0, 0.1) is 11.8 Å². The second-order valence-corrected chi connectivity index (χ2v) is 8.54. The van der Waals surface area contributed by atoms with Gasteiger partial charge in [0.25, 0.3) is 0 Å². The Bertz CT molecular complexity index is 417. The summed E-state index contributed by atoms with van der Waals surface area (Å²) >= 11 is 1.86. The van der Waals surface area contributed by atoms with Gasteiger partial charge in [-0.1, -0.05) is 41.0 Å². The SMILES string of the molecule is CC(C)NCC1CCCC1Cc1nc(C(C)(C)C)cs1. The second-order valence-electron chi connectivity index (χ2n) is 7.59. The summed E-state index contributed by atoms with van der Waals surface area (Å²) < 4.78 is 0. The maximum Gasteiger partial charge on any atom is 0.0931 e. The van der Waals surface area contributed by atoms with Crippen molar-refractivity contribution in [1.29, 1.82) is 0 Å². The topological polar surface area (TPSA) is 24.9 Å². The van der Waals surface area contributed by atoms with Gasteiger partial charge in [-0.2, -0.15) is 0 Å². The third-order valence-electron chi connectivity index (χ3n) is 4.36. The van der Waals surface area contributed by atoms with E-state index < -0.39 is 0 Å². The van der Waals surface area contributed by atoms with Crippen LogP contribution in [0.2, 0.25) is 0 Å². The van der Waals surface area contributed by atoms with E-state index in [9.17, 15) is 0 Å². The Hall–Kier alpha value is -0.410. The zero-order chi connectivity index (χ0) is 14.8. The molecule has 0 bridgehead atoms. The molecule has 2 rings (SSSR count). The second kappa shape index (κ2) is 6.57. The first-order valence-corrected chi connectivity index (χ1v) is 8.92. The average molecular weight is 295 g/mol. The van der Waals surface area contributed by atoms with Crippen LogP contribution >= 0.6 is 11.3 Å². The van der Waals surface area contributed by atoms with Crippen molar-refractivity contribution in [3.63, 3.8) is 0 Å². The Morgan fingerprint density at radius 2 is 2.00 bits per heavy atom. The van der Waals surface area contributed by atoms with Crippen LogP contribution in [0.25, 0.3) is 0 Å². The highest BCUT2D eigenvalue weighted by Crippen LogP contribution is 2.35. The van der Waals surface area contributed by atoms with E-state index in [-0.39, 0.29) is 5.41 Å². The van der Waals surface area contributed by atoms with Gasteiger partial charge < -0.3 is 5.32 Å². The van der Waals surface area contributed by atoms with E-state index in [2.05, 4.69) is 45.3 Å². The minimum absolute atomic E-state index is 0.184. The predicted octanol–water partition coefficient (Wildman–Crippen LogP) is 4.40. The van der Waals surface area contributed by atoms with Crippen molar-refractivity contribution in [2.24, 2.45) is 11.8 Å². The van der Waals surface area contributed by atoms with Gasteiger partial charge in [0.2, 0.25) is 0 Å². The number of hydrogen-bond donors (Lipinski definition) is 1. The van der Waals surface area contributed by atoms with Crippen molar-refractivity contribution in [2.45, 2.75) is 71.8 Å². The zero-order valence-corrected chi connectivity index (χ0v) is 14.5. The predicted molar refractivity (Wildman–Crippen MR) is 88.5 cm³/mol. The van der Waals surface area contributed by atoms with Gasteiger partial charge in [-0.25, -0.2) is 4.98 Å². The molecule has 0 saturated heterocycles. The fourth-order valence-corrected chi connectivity index (χ4v) is 4.13. The first kappa shape index (κ1) is 16.0. The summed E-state index contributed by atoms with van der Waals surface area (Å²) in [5.74, 6) is 1.68. The molecule has 1 fully saturated rings. The molecule has 1 aromatic rings. The van der Waals surface area contributed by atoms with Gasteiger partial charge in [-0.3, -0.25) is 0 Å². The molecule has 0 aromatic carbocycles. The van der Waals surface area contributed by atoms with Crippen molar-refractivity contribution in [1.82, 2.24) is 10.3 Å². The molecule has 2 nitrogen and oxygen atoms in total. The Morgan fingerprint density at radius 3 is 2.60 bits per heavy atom. The van der Waals surface area contributed by atoms with E-state index in [1.165, 1.54) is 42.9 Å². The Labute approximate surface area is 128 Å². The number of rotatable bonds is 5. The van der Waals surface area contributed by atoms with E-state index in [4.69, 9.17) is 4.98 Å². The third kappa shape index (κ3) is 4.29. The summed E-state index contributed by atoms with van der Waals surface area (Å²) in [5, 5.41) is 7.22. The van der Waals surface area contributed by atoms with Crippen LogP contribution in [0.1, 0.15) is 64.6 Å². The minimum Gasteiger partial charge on any atom is -0.314 e. The van der Waals surface area contributed by atoms with Crippen molar-refractivity contribution in [3.8, 4) is 0 Å². The molecule has 0 aliphatic heterocycles. The molecule has 1 aromatic heterocycles. The summed E-state index contributed by atoms with van der Waals surface area (Å²) in [7, 11) is 0. The van der Waals surface area contributed by atoms with Crippen molar-refractivity contribution in [2.75, 3.05) is 6.54 Å². The molecule has 2 atom stereocenters. The molecule has 20 heavy (non-hydrogen) atoms. The molecule has 2 unspecified atom stereocenters. The fourth-order valence-electron chi connectivity index (χ4n) is 3.01. The molecule has 114 valence electrons. The smallest absolute Gasteiger partial charge is 0.0931 e. The fraction of sp³-hybridized carbons (Fsp3) is 0.824. The molecule has 0 amide bonds. The third-order valence-corrected chi connectivity index (χ3v) is 5.23. The molecule has 1 N–H and O–H groups in total. The molecule has 1 aliphatic rings. The molecule has 1 heterocycles. The monoisotopic (exact) mass is 294 g/mol. The van der Waals surface area contributed by atoms with E-state index in [0.29, 0.717) is 6.04 Å². The minimum atomic E-state index is 0.184. The van der Waals surface area contributed by atoms with Crippen molar-refractivity contribution in [3.05, 3.63) is 16.1 Å². The summed E-state index contributed by atoms with van der Waals surface area (Å²) in [6.07, 6.45) is 5.36. The Balaban J connectivity index is 1.93. The van der Waals surface area contributed by atoms with Gasteiger partial charge in [0, 0.05) is 23.3 Å². The van der Waals surface area contributed by atoms with E-state index >= 15 is 0 Å². The highest BCUT2D eigenvalue weighted by Gasteiger charge is 2.28. The zero-order valence-electron chi connectivity index (χ0n) is 13.7. The summed E-state index contributed by atoms with van der Waals surface area (Å²) in [5.41, 5.74) is 1.44. The van der Waals surface area contributed by atoms with Crippen LogP contribution < -0.4 is 5.32 Å². The lowest BCUT2D eigenvalue weighted by molar-refractivity contribution is 0.353. The van der Waals surface area contributed by atoms with Crippen LogP contribution in [0.3, 0.4) is 0 Å². The summed E-state index contributed by atoms with van der Waals surface area (Å²) in [4.78, 5) is 4.87. The number of aromatic nitrogens is 1. The maximum atomic E-state index is 4.87. The van der Waals surface area contributed by atoms with Gasteiger partial charge in [0.15, 0.2) is 0 Å². The van der Waals surface area contributed by atoms with E-state index in [1.54, 1.807) is 0 Å². The van der Waals surface area contributed by atoms with E-state index in [0.717, 1.165) is 11.8 Å². The van der Waals surface area contributed by atoms with Crippen LogP contribution in [0.4, 0.5) is 0 Å². The van der Waals surface area contributed by atoms with Gasteiger partial charge in [0.05, 0.1) is 10.7 Å². The van der Waals surface area contributed by atoms with Gasteiger partial charge in [-0.15, -0.1) is 11.3 Å². The maximum absolute atomic E-state index is 4.87. The van der Waals surface area contributed by atoms with Crippen molar-refractivity contribution < 1.29 is 0 Å². The molecular weight excluding hydrogens is 264 g/mol. The van der Waals surface area contributed by atoms with Gasteiger partial charge in [-0.05, 0) is 31.2 Å². The first-order valence-electron chi connectivity index (χ1n) is 8.04. The molecule has 0 spiro atoms. The summed E-state index contributed by atoms with van der Waals surface area (Å²) in [6.45, 7) is 12.4. The average Bonchev–Trinajstić information content (AvgIpc) is 2.95. The Kier molecular flexibility index (Phi) is 5.25. The Morgan fingerprint density at radius 1 is 1.30 bits per heavy atom. The van der Waals surface area contributed by atoms with Crippen LogP contribution in [-0.2, 0) is 11.8 Å². The van der Waals surface area contributed by atoms with Gasteiger partial charge >= 0.3 is 0 Å². The molecule has 3 heteroatoms. The highest BCUT2D eigenvalue weighted by molar-refractivity contribution is 7.09. The largest absolute Gasteiger partial charge is 0.314 e. The molecule has 0 radical (unpaired) electrons. The number of nitrogens with one attached hydrogen (secondary N) is 1. The first-order chi connectivity index (χ1) is 9.36. The van der Waals surface area contributed by atoms with Crippen LogP contribution in [-0.4, -0.2) is 17.6 Å². The molecule has 1 aliphatic carbocycles. The lowest BCUT2D eigenvalue weighted by atomic mass is 9.92. The van der Waals surface area contributed by atoms with E-state index in [1.807, 2.05) is 11.3 Å². The van der Waals surface area contributed by atoms with Crippen molar-refractivity contribution >= 4 is 11.3 Å². The highest BCUT2D eigenvalue weighted by atomic mass is 32.1. The standard InChI is InChI=1S/C17H30N2S/c1-12(2)18-10-14-8-6-7-13(14)9-16-19-15(11-20-16)17(3,4)5/h11-14,18H,6-10H2,1-5H3. The lowest BCUT2D eigenvalue weighted by Crippen LogP contribution is -2.31. The number of hydrogen-bond acceptors (Lipinski definition) is 3. The molecule has 1 saturated carbocycles. The lowest BCUT2D eigenvalue weighted by Gasteiger charge is -2.20.